The molecule has 0 spiro atoms. The third-order valence-electron chi connectivity index (χ3n) is 4.24. The lowest BCUT2D eigenvalue weighted by molar-refractivity contribution is 0.0948. The molecule has 1 saturated heterocycles. The molecule has 26 heavy (non-hydrogen) atoms. The highest BCUT2D eigenvalue weighted by atomic mass is 35.5. The first-order valence-electron chi connectivity index (χ1n) is 7.92. The zero-order valence-electron chi connectivity index (χ0n) is 13.7. The molecule has 0 saturated carbocycles. The molecule has 4 nitrogen and oxygen atoms in total. The summed E-state index contributed by atoms with van der Waals surface area (Å²) in [4.78, 5) is 12.6. The van der Waals surface area contributed by atoms with Crippen LogP contribution >= 0.6 is 34.8 Å². The predicted molar refractivity (Wildman–Crippen MR) is 103 cm³/mol. The van der Waals surface area contributed by atoms with Crippen LogP contribution in [0.3, 0.4) is 0 Å². The summed E-state index contributed by atoms with van der Waals surface area (Å²) in [5.41, 5.74) is 3.43. The minimum atomic E-state index is -0.407. The molecule has 3 aromatic rings. The fourth-order valence-electron chi connectivity index (χ4n) is 2.86. The third kappa shape index (κ3) is 3.14. The number of hydrogen-bond donors (Lipinski definition) is 0. The SMILES string of the molecule is Cc1c(C(=O)C2CO2)nn(-c2ccc(Cl)cc2Cl)c1-c1ccc(Cl)cc1. The Morgan fingerprint density at radius 3 is 2.38 bits per heavy atom. The smallest absolute Gasteiger partial charge is 0.214 e. The number of rotatable bonds is 4. The van der Waals surface area contributed by atoms with Crippen LogP contribution in [0.1, 0.15) is 16.1 Å². The van der Waals surface area contributed by atoms with Gasteiger partial charge in [0.15, 0.2) is 0 Å². The fourth-order valence-corrected chi connectivity index (χ4v) is 3.47. The first kappa shape index (κ1) is 17.6. The maximum absolute atomic E-state index is 12.6. The van der Waals surface area contributed by atoms with E-state index >= 15 is 0 Å². The Balaban J connectivity index is 1.95. The second-order valence-electron chi connectivity index (χ2n) is 6.02. The van der Waals surface area contributed by atoms with Gasteiger partial charge in [-0.15, -0.1) is 0 Å². The molecule has 0 amide bonds. The summed E-state index contributed by atoms with van der Waals surface area (Å²) in [5, 5.41) is 6.15. The van der Waals surface area contributed by atoms with Gasteiger partial charge < -0.3 is 4.74 Å². The molecular formula is C19H13Cl3N2O2. The van der Waals surface area contributed by atoms with Gasteiger partial charge in [-0.2, -0.15) is 5.10 Å². The van der Waals surface area contributed by atoms with Gasteiger partial charge in [-0.3, -0.25) is 4.79 Å². The Morgan fingerprint density at radius 1 is 1.12 bits per heavy atom. The van der Waals surface area contributed by atoms with E-state index in [1.807, 2.05) is 19.1 Å². The van der Waals surface area contributed by atoms with Gasteiger partial charge in [0.1, 0.15) is 11.8 Å². The first-order chi connectivity index (χ1) is 12.5. The largest absolute Gasteiger partial charge is 0.364 e. The lowest BCUT2D eigenvalue weighted by Gasteiger charge is -2.11. The maximum atomic E-state index is 12.6. The van der Waals surface area contributed by atoms with Crippen LogP contribution in [0.5, 0.6) is 0 Å². The van der Waals surface area contributed by atoms with E-state index in [0.29, 0.717) is 33.1 Å². The Morgan fingerprint density at radius 2 is 1.77 bits per heavy atom. The Labute approximate surface area is 165 Å². The lowest BCUT2D eigenvalue weighted by atomic mass is 10.0. The van der Waals surface area contributed by atoms with Crippen LogP contribution in [-0.2, 0) is 4.74 Å². The monoisotopic (exact) mass is 406 g/mol. The Kier molecular flexibility index (Phi) is 4.53. The molecule has 4 rings (SSSR count). The van der Waals surface area contributed by atoms with Gasteiger partial charge in [-0.25, -0.2) is 4.68 Å². The molecule has 7 heteroatoms. The van der Waals surface area contributed by atoms with Gasteiger partial charge in [-0.1, -0.05) is 46.9 Å². The molecule has 0 aliphatic carbocycles. The average molecular weight is 408 g/mol. The third-order valence-corrected chi connectivity index (χ3v) is 5.03. The minimum Gasteiger partial charge on any atom is -0.364 e. The van der Waals surface area contributed by atoms with Crippen molar-refractivity contribution in [3.63, 3.8) is 0 Å². The molecule has 1 fully saturated rings. The highest BCUT2D eigenvalue weighted by molar-refractivity contribution is 6.35. The summed E-state index contributed by atoms with van der Waals surface area (Å²) >= 11 is 18.4. The van der Waals surface area contributed by atoms with Crippen molar-refractivity contribution in [1.82, 2.24) is 9.78 Å². The molecule has 1 aliphatic heterocycles. The van der Waals surface area contributed by atoms with Crippen molar-refractivity contribution in [1.29, 1.82) is 0 Å². The maximum Gasteiger partial charge on any atom is 0.214 e. The molecule has 1 aliphatic rings. The fraction of sp³-hybridized carbons (Fsp3) is 0.158. The quantitative estimate of drug-likeness (QED) is 0.430. The second kappa shape index (κ2) is 6.71. The van der Waals surface area contributed by atoms with Crippen molar-refractivity contribution in [2.24, 2.45) is 0 Å². The van der Waals surface area contributed by atoms with E-state index < -0.39 is 6.10 Å². The molecule has 132 valence electrons. The van der Waals surface area contributed by atoms with Crippen LogP contribution in [0.2, 0.25) is 15.1 Å². The van der Waals surface area contributed by atoms with Gasteiger partial charge in [0, 0.05) is 21.2 Å². The van der Waals surface area contributed by atoms with Gasteiger partial charge in [0.2, 0.25) is 5.78 Å². The standard InChI is InChI=1S/C19H13Cl3N2O2/c1-10-17(19(25)16-9-26-16)23-24(15-7-6-13(21)8-14(15)22)18(10)11-2-4-12(20)5-3-11/h2-8,16H,9H2,1H3. The normalized spacial score (nSPS) is 15.9. The van der Waals surface area contributed by atoms with Gasteiger partial charge >= 0.3 is 0 Å². The van der Waals surface area contributed by atoms with E-state index in [-0.39, 0.29) is 5.78 Å². The number of epoxide rings is 1. The molecule has 1 atom stereocenters. The lowest BCUT2D eigenvalue weighted by Crippen LogP contribution is -2.10. The topological polar surface area (TPSA) is 47.4 Å². The first-order valence-corrected chi connectivity index (χ1v) is 9.06. The van der Waals surface area contributed by atoms with Crippen molar-refractivity contribution >= 4 is 40.6 Å². The summed E-state index contributed by atoms with van der Waals surface area (Å²) < 4.78 is 6.81. The van der Waals surface area contributed by atoms with Crippen LogP contribution in [0.25, 0.3) is 16.9 Å². The molecule has 1 aromatic heterocycles. The molecule has 2 heterocycles. The van der Waals surface area contributed by atoms with Crippen molar-refractivity contribution < 1.29 is 9.53 Å². The Hall–Kier alpha value is -1.85. The molecule has 0 N–H and O–H groups in total. The number of nitrogens with zero attached hydrogens (tertiary/aromatic N) is 2. The highest BCUT2D eigenvalue weighted by Gasteiger charge is 2.36. The number of aromatic nitrogens is 2. The zero-order valence-corrected chi connectivity index (χ0v) is 15.9. The predicted octanol–water partition coefficient (Wildman–Crippen LogP) is 5.39. The number of ketones is 1. The number of benzene rings is 2. The number of ether oxygens (including phenoxy) is 1. The van der Waals surface area contributed by atoms with E-state index in [4.69, 9.17) is 39.5 Å². The number of carbonyl (C=O) groups is 1. The minimum absolute atomic E-state index is 0.124. The van der Waals surface area contributed by atoms with Crippen LogP contribution in [0.15, 0.2) is 42.5 Å². The summed E-state index contributed by atoms with van der Waals surface area (Å²) in [5.74, 6) is -0.124. The summed E-state index contributed by atoms with van der Waals surface area (Å²) in [6.07, 6.45) is -0.407. The zero-order chi connectivity index (χ0) is 18.4. The van der Waals surface area contributed by atoms with Gasteiger partial charge in [0.05, 0.1) is 23.0 Å². The van der Waals surface area contributed by atoms with E-state index in [1.165, 1.54) is 0 Å². The molecule has 0 radical (unpaired) electrons. The molecule has 1 unspecified atom stereocenters. The molecule has 2 aromatic carbocycles. The van der Waals surface area contributed by atoms with E-state index in [1.54, 1.807) is 35.0 Å². The van der Waals surface area contributed by atoms with Crippen molar-refractivity contribution in [2.75, 3.05) is 6.61 Å². The van der Waals surface area contributed by atoms with Gasteiger partial charge in [-0.05, 0) is 37.3 Å². The van der Waals surface area contributed by atoms with E-state index in [9.17, 15) is 4.79 Å². The molecule has 0 bridgehead atoms. The number of hydrogen-bond acceptors (Lipinski definition) is 3. The number of carbonyl (C=O) groups excluding carboxylic acids is 1. The van der Waals surface area contributed by atoms with E-state index in [2.05, 4.69) is 5.10 Å². The second-order valence-corrected chi connectivity index (χ2v) is 7.30. The molecular weight excluding hydrogens is 395 g/mol. The number of Topliss-reactive ketones (excluding diaryl/α,β-unsaturated/α-hetero) is 1. The van der Waals surface area contributed by atoms with Crippen LogP contribution in [0, 0.1) is 6.92 Å². The van der Waals surface area contributed by atoms with Gasteiger partial charge in [0.25, 0.3) is 0 Å². The van der Waals surface area contributed by atoms with Crippen LogP contribution in [-0.4, -0.2) is 28.3 Å². The van der Waals surface area contributed by atoms with Crippen LogP contribution < -0.4 is 0 Å². The summed E-state index contributed by atoms with van der Waals surface area (Å²) in [6, 6.07) is 12.5. The highest BCUT2D eigenvalue weighted by Crippen LogP contribution is 2.34. The average Bonchev–Trinajstić information content (AvgIpc) is 3.40. The Bertz CT molecular complexity index is 1010. The summed E-state index contributed by atoms with van der Waals surface area (Å²) in [7, 11) is 0. The van der Waals surface area contributed by atoms with Crippen molar-refractivity contribution in [3.05, 3.63) is 68.8 Å². The summed E-state index contributed by atoms with van der Waals surface area (Å²) in [6.45, 7) is 2.30. The van der Waals surface area contributed by atoms with Crippen LogP contribution in [0.4, 0.5) is 0 Å². The van der Waals surface area contributed by atoms with Crippen molar-refractivity contribution in [2.45, 2.75) is 13.0 Å². The number of halogens is 3. The van der Waals surface area contributed by atoms with Crippen molar-refractivity contribution in [3.8, 4) is 16.9 Å². The van der Waals surface area contributed by atoms with E-state index in [0.717, 1.165) is 16.8 Å².